The highest BCUT2D eigenvalue weighted by atomic mass is 35.5. The molecule has 5 rings (SSSR count). The second-order valence-corrected chi connectivity index (χ2v) is 7.95. The number of fused-ring (bicyclic) bond motifs is 3. The molecule has 1 aliphatic rings. The molecule has 1 fully saturated rings. The summed E-state index contributed by atoms with van der Waals surface area (Å²) in [6, 6.07) is 4.73. The SMILES string of the molecule is COC1(c2nc(-c3ncn4c3c(=O)n(C(C)CO)c3c(C#N)c(Cl)ccc34)no2)CC1. The van der Waals surface area contributed by atoms with Crippen LogP contribution in [0.25, 0.3) is 28.1 Å². The molecule has 0 saturated heterocycles. The van der Waals surface area contributed by atoms with Gasteiger partial charge in [0.2, 0.25) is 5.82 Å². The normalized spacial score (nSPS) is 16.0. The summed E-state index contributed by atoms with van der Waals surface area (Å²) < 4.78 is 13.8. The third kappa shape index (κ3) is 2.71. The highest BCUT2D eigenvalue weighted by Crippen LogP contribution is 2.48. The van der Waals surface area contributed by atoms with E-state index in [1.807, 2.05) is 0 Å². The summed E-state index contributed by atoms with van der Waals surface area (Å²) in [6.45, 7) is 1.37. The summed E-state index contributed by atoms with van der Waals surface area (Å²) in [5, 5.41) is 23.7. The van der Waals surface area contributed by atoms with Crippen molar-refractivity contribution in [2.45, 2.75) is 31.4 Å². The zero-order valence-electron chi connectivity index (χ0n) is 16.7. The third-order valence-electron chi connectivity index (χ3n) is 5.73. The van der Waals surface area contributed by atoms with E-state index in [1.54, 1.807) is 30.6 Å². The molecule has 1 aliphatic carbocycles. The number of aliphatic hydroxyl groups is 1. The Morgan fingerprint density at radius 3 is 2.84 bits per heavy atom. The van der Waals surface area contributed by atoms with Crippen LogP contribution < -0.4 is 5.56 Å². The second-order valence-electron chi connectivity index (χ2n) is 7.54. The number of ether oxygens (including phenoxy) is 1. The van der Waals surface area contributed by atoms with Crippen molar-refractivity contribution in [3.05, 3.63) is 45.3 Å². The zero-order chi connectivity index (χ0) is 21.9. The quantitative estimate of drug-likeness (QED) is 0.500. The molecule has 3 aromatic heterocycles. The Bertz CT molecular complexity index is 1440. The van der Waals surface area contributed by atoms with E-state index in [0.29, 0.717) is 16.9 Å². The summed E-state index contributed by atoms with van der Waals surface area (Å²) >= 11 is 6.22. The van der Waals surface area contributed by atoms with Crippen LogP contribution >= 0.6 is 11.6 Å². The largest absolute Gasteiger partial charge is 0.394 e. The lowest BCUT2D eigenvalue weighted by Crippen LogP contribution is -2.28. The maximum absolute atomic E-state index is 13.6. The van der Waals surface area contributed by atoms with E-state index in [4.69, 9.17) is 20.9 Å². The fraction of sp³-hybridized carbons (Fsp3) is 0.350. The molecule has 4 aromatic rings. The van der Waals surface area contributed by atoms with Crippen molar-refractivity contribution < 1.29 is 14.4 Å². The summed E-state index contributed by atoms with van der Waals surface area (Å²) in [5.41, 5.74) is 0.412. The number of halogens is 1. The number of rotatable bonds is 5. The number of hydrogen-bond donors (Lipinski definition) is 1. The maximum Gasteiger partial charge on any atom is 0.278 e. The summed E-state index contributed by atoms with van der Waals surface area (Å²) in [4.78, 5) is 22.4. The van der Waals surface area contributed by atoms with Gasteiger partial charge in [0, 0.05) is 7.11 Å². The van der Waals surface area contributed by atoms with E-state index in [1.165, 1.54) is 10.9 Å². The Labute approximate surface area is 180 Å². The van der Waals surface area contributed by atoms with Crippen LogP contribution in [0.15, 0.2) is 27.8 Å². The summed E-state index contributed by atoms with van der Waals surface area (Å²) in [5.74, 6) is 0.504. The molecule has 1 aromatic carbocycles. The van der Waals surface area contributed by atoms with Gasteiger partial charge in [0.1, 0.15) is 29.2 Å². The monoisotopic (exact) mass is 440 g/mol. The number of nitrogens with zero attached hydrogens (tertiary/aromatic N) is 6. The van der Waals surface area contributed by atoms with Crippen LogP contribution in [0.1, 0.15) is 37.3 Å². The Kier molecular flexibility index (Phi) is 4.37. The van der Waals surface area contributed by atoms with E-state index in [2.05, 4.69) is 21.2 Å². The molecule has 1 N–H and O–H groups in total. The Morgan fingerprint density at radius 2 is 2.19 bits per heavy atom. The lowest BCUT2D eigenvalue weighted by Gasteiger charge is -2.18. The summed E-state index contributed by atoms with van der Waals surface area (Å²) in [7, 11) is 1.59. The molecule has 0 bridgehead atoms. The number of hydrogen-bond acceptors (Lipinski definition) is 8. The fourth-order valence-electron chi connectivity index (χ4n) is 3.84. The molecule has 31 heavy (non-hydrogen) atoms. The number of methoxy groups -OCH3 is 1. The molecule has 0 spiro atoms. The van der Waals surface area contributed by atoms with Crippen molar-refractivity contribution in [3.8, 4) is 17.6 Å². The first-order valence-electron chi connectivity index (χ1n) is 9.60. The average molecular weight is 441 g/mol. The average Bonchev–Trinajstić information content (AvgIpc) is 3.20. The van der Waals surface area contributed by atoms with Crippen molar-refractivity contribution in [3.63, 3.8) is 0 Å². The number of nitriles is 1. The highest BCUT2D eigenvalue weighted by molar-refractivity contribution is 6.32. The standard InChI is InChI=1S/C20H17ClN6O4/c1-10(8-28)27-15-11(7-22)12(21)3-4-13(15)26-9-23-14(16(26)18(27)29)17-24-19(31-25-17)20(30-2)5-6-20/h3-4,9-10,28H,5-6,8H2,1-2H3. The highest BCUT2D eigenvalue weighted by Gasteiger charge is 2.50. The molecule has 0 amide bonds. The van der Waals surface area contributed by atoms with Crippen LogP contribution in [-0.4, -0.2) is 42.9 Å². The minimum atomic E-state index is -0.614. The van der Waals surface area contributed by atoms with Crippen molar-refractivity contribution >= 4 is 28.2 Å². The van der Waals surface area contributed by atoms with Gasteiger partial charge in [0.15, 0.2) is 0 Å². The van der Waals surface area contributed by atoms with Gasteiger partial charge < -0.3 is 14.4 Å². The van der Waals surface area contributed by atoms with Crippen LogP contribution in [0, 0.1) is 11.3 Å². The number of aliphatic hydroxyl groups excluding tert-OH is 1. The first-order valence-corrected chi connectivity index (χ1v) is 9.98. The topological polar surface area (TPSA) is 131 Å². The summed E-state index contributed by atoms with van der Waals surface area (Å²) in [6.07, 6.45) is 3.02. The molecular weight excluding hydrogens is 424 g/mol. The van der Waals surface area contributed by atoms with Gasteiger partial charge in [-0.2, -0.15) is 10.2 Å². The molecule has 158 valence electrons. The fourth-order valence-corrected chi connectivity index (χ4v) is 4.04. The van der Waals surface area contributed by atoms with Crippen LogP contribution in [-0.2, 0) is 10.3 Å². The molecule has 11 heteroatoms. The zero-order valence-corrected chi connectivity index (χ0v) is 17.4. The van der Waals surface area contributed by atoms with Gasteiger partial charge in [-0.1, -0.05) is 16.8 Å². The van der Waals surface area contributed by atoms with Gasteiger partial charge in [-0.15, -0.1) is 0 Å². The van der Waals surface area contributed by atoms with Gasteiger partial charge in [0.05, 0.1) is 34.3 Å². The van der Waals surface area contributed by atoms with Crippen molar-refractivity contribution in [2.24, 2.45) is 0 Å². The molecule has 1 atom stereocenters. The van der Waals surface area contributed by atoms with Crippen LogP contribution in [0.5, 0.6) is 0 Å². The van der Waals surface area contributed by atoms with Gasteiger partial charge in [-0.05, 0) is 31.9 Å². The molecule has 10 nitrogen and oxygen atoms in total. The second kappa shape index (κ2) is 6.88. The lowest BCUT2D eigenvalue weighted by molar-refractivity contribution is 0.0492. The van der Waals surface area contributed by atoms with Gasteiger partial charge in [-0.25, -0.2) is 4.98 Å². The smallest absolute Gasteiger partial charge is 0.278 e. The number of aromatic nitrogens is 5. The number of benzene rings is 1. The van der Waals surface area contributed by atoms with Crippen molar-refractivity contribution in [1.82, 2.24) is 24.1 Å². The first kappa shape index (κ1) is 19.7. The minimum absolute atomic E-state index is 0.145. The van der Waals surface area contributed by atoms with E-state index in [0.717, 1.165) is 12.8 Å². The first-order chi connectivity index (χ1) is 15.0. The Morgan fingerprint density at radius 1 is 1.42 bits per heavy atom. The van der Waals surface area contributed by atoms with Gasteiger partial charge in [0.25, 0.3) is 11.4 Å². The molecule has 1 saturated carbocycles. The predicted molar refractivity (Wildman–Crippen MR) is 110 cm³/mol. The maximum atomic E-state index is 13.6. The third-order valence-corrected chi connectivity index (χ3v) is 6.05. The van der Waals surface area contributed by atoms with Crippen molar-refractivity contribution in [2.75, 3.05) is 13.7 Å². The minimum Gasteiger partial charge on any atom is -0.394 e. The van der Waals surface area contributed by atoms with Gasteiger partial charge >= 0.3 is 0 Å². The van der Waals surface area contributed by atoms with E-state index < -0.39 is 17.2 Å². The molecular formula is C20H17ClN6O4. The van der Waals surface area contributed by atoms with Crippen LogP contribution in [0.3, 0.4) is 0 Å². The van der Waals surface area contributed by atoms with Crippen molar-refractivity contribution in [1.29, 1.82) is 5.26 Å². The van der Waals surface area contributed by atoms with E-state index in [-0.39, 0.29) is 34.2 Å². The molecule has 0 radical (unpaired) electrons. The van der Waals surface area contributed by atoms with Crippen LogP contribution in [0.4, 0.5) is 0 Å². The Hall–Kier alpha value is -3.26. The number of imidazole rings is 1. The predicted octanol–water partition coefficient (Wildman–Crippen LogP) is 2.41. The van der Waals surface area contributed by atoms with E-state index >= 15 is 0 Å². The molecule has 3 heterocycles. The van der Waals surface area contributed by atoms with Gasteiger partial charge in [-0.3, -0.25) is 13.8 Å². The van der Waals surface area contributed by atoms with E-state index in [9.17, 15) is 15.2 Å². The van der Waals surface area contributed by atoms with Crippen LogP contribution in [0.2, 0.25) is 5.02 Å². The molecule has 0 aliphatic heterocycles. The Balaban J connectivity index is 1.84. The molecule has 1 unspecified atom stereocenters. The lowest BCUT2D eigenvalue weighted by atomic mass is 10.1.